The predicted octanol–water partition coefficient (Wildman–Crippen LogP) is 4.14. The molecule has 1 aliphatic heterocycles. The van der Waals surface area contributed by atoms with Crippen molar-refractivity contribution < 1.29 is 32.5 Å². The summed E-state index contributed by atoms with van der Waals surface area (Å²) >= 11 is 0. The van der Waals surface area contributed by atoms with Crippen LogP contribution in [-0.4, -0.2) is 74.6 Å². The van der Waals surface area contributed by atoms with Crippen LogP contribution in [-0.2, 0) is 10.2 Å². The van der Waals surface area contributed by atoms with Crippen molar-refractivity contribution in [3.05, 3.63) is 23.8 Å². The fourth-order valence-electron chi connectivity index (χ4n) is 5.24. The Labute approximate surface area is 211 Å². The summed E-state index contributed by atoms with van der Waals surface area (Å²) in [5.74, 6) is -0.683. The standard InChI is InChI=1S/C23H38N4O2.C2HF3O2/c1-5-6-7-13-25-22(24)26-18-10-11-23(12-14-27(2)21(23)16-18)17-8-9-19(28-3)20(15-17)29-4;3-2(4,5)1(6)7/h8-9,15,18,21H,5-7,10-14,16H2,1-4H3,(H3,24,25,26);(H,6,7). The van der Waals surface area contributed by atoms with Crippen molar-refractivity contribution >= 4 is 11.9 Å². The van der Waals surface area contributed by atoms with Crippen LogP contribution in [0.25, 0.3) is 0 Å². The number of fused-ring (bicyclic) bond motifs is 1. The Hall–Kier alpha value is -2.69. The van der Waals surface area contributed by atoms with Gasteiger partial charge in [-0.2, -0.15) is 13.2 Å². The highest BCUT2D eigenvalue weighted by molar-refractivity contribution is 5.76. The Morgan fingerprint density at radius 2 is 1.89 bits per heavy atom. The molecule has 3 rings (SSSR count). The summed E-state index contributed by atoms with van der Waals surface area (Å²) in [5, 5.41) is 22.0. The van der Waals surface area contributed by atoms with Gasteiger partial charge in [0.15, 0.2) is 17.5 Å². The van der Waals surface area contributed by atoms with Gasteiger partial charge in [0.2, 0.25) is 0 Å². The van der Waals surface area contributed by atoms with E-state index in [0.29, 0.717) is 18.0 Å². The molecule has 3 unspecified atom stereocenters. The van der Waals surface area contributed by atoms with Crippen molar-refractivity contribution in [1.29, 1.82) is 5.41 Å². The molecule has 0 amide bonds. The molecule has 2 aliphatic rings. The maximum Gasteiger partial charge on any atom is 0.490 e. The lowest BCUT2D eigenvalue weighted by molar-refractivity contribution is -0.192. The molecular weight excluding hydrogens is 477 g/mol. The molecule has 1 aromatic carbocycles. The Kier molecular flexibility index (Phi) is 10.7. The maximum atomic E-state index is 10.6. The van der Waals surface area contributed by atoms with Crippen LogP contribution in [0.15, 0.2) is 18.2 Å². The second-order valence-electron chi connectivity index (χ2n) is 9.40. The van der Waals surface area contributed by atoms with Crippen molar-refractivity contribution in [2.24, 2.45) is 0 Å². The lowest BCUT2D eigenvalue weighted by Gasteiger charge is -2.45. The van der Waals surface area contributed by atoms with E-state index in [1.165, 1.54) is 24.8 Å². The number of hydrogen-bond donors (Lipinski definition) is 4. The first-order chi connectivity index (χ1) is 17.0. The van der Waals surface area contributed by atoms with Gasteiger partial charge in [-0.25, -0.2) is 4.79 Å². The smallest absolute Gasteiger partial charge is 0.490 e. The molecular formula is C25H39F3N4O4. The summed E-state index contributed by atoms with van der Waals surface area (Å²) in [6.07, 6.45) is 2.89. The molecule has 0 spiro atoms. The summed E-state index contributed by atoms with van der Waals surface area (Å²) in [4.78, 5) is 11.4. The molecule has 204 valence electrons. The van der Waals surface area contributed by atoms with Crippen molar-refractivity contribution in [2.45, 2.75) is 75.5 Å². The van der Waals surface area contributed by atoms with Gasteiger partial charge in [0.1, 0.15) is 0 Å². The van der Waals surface area contributed by atoms with Gasteiger partial charge >= 0.3 is 12.1 Å². The van der Waals surface area contributed by atoms with Gasteiger partial charge < -0.3 is 30.1 Å². The minimum Gasteiger partial charge on any atom is -0.493 e. The lowest BCUT2D eigenvalue weighted by atomic mass is 9.65. The van der Waals surface area contributed by atoms with E-state index in [1.807, 2.05) is 6.07 Å². The fourth-order valence-corrected chi connectivity index (χ4v) is 5.24. The number of likely N-dealkylation sites (N-methyl/N-ethyl adjacent to an activating group) is 1. The van der Waals surface area contributed by atoms with E-state index < -0.39 is 12.1 Å². The van der Waals surface area contributed by atoms with Crippen molar-refractivity contribution in [1.82, 2.24) is 15.5 Å². The summed E-state index contributed by atoms with van der Waals surface area (Å²) < 4.78 is 42.8. The first kappa shape index (κ1) is 29.5. The molecule has 8 nitrogen and oxygen atoms in total. The quantitative estimate of drug-likeness (QED) is 0.234. The number of guanidine groups is 1. The fraction of sp³-hybridized carbons (Fsp3) is 0.680. The number of nitrogens with one attached hydrogen (secondary N) is 3. The number of likely N-dealkylation sites (tertiary alicyclic amines) is 1. The monoisotopic (exact) mass is 516 g/mol. The van der Waals surface area contributed by atoms with Crippen molar-refractivity contribution in [3.63, 3.8) is 0 Å². The number of benzene rings is 1. The molecule has 0 radical (unpaired) electrons. The lowest BCUT2D eigenvalue weighted by Crippen LogP contribution is -2.53. The van der Waals surface area contributed by atoms with Crippen LogP contribution in [0.4, 0.5) is 13.2 Å². The van der Waals surface area contributed by atoms with Gasteiger partial charge in [-0.1, -0.05) is 25.8 Å². The van der Waals surface area contributed by atoms with Crippen LogP contribution in [0, 0.1) is 5.41 Å². The molecule has 0 bridgehead atoms. The van der Waals surface area contributed by atoms with E-state index in [9.17, 15) is 13.2 Å². The second kappa shape index (κ2) is 13.0. The third kappa shape index (κ3) is 7.41. The minimum absolute atomic E-state index is 0.156. The zero-order chi connectivity index (χ0) is 26.9. The summed E-state index contributed by atoms with van der Waals surface area (Å²) in [7, 11) is 5.63. The molecule has 36 heavy (non-hydrogen) atoms. The Balaban J connectivity index is 0.000000572. The summed E-state index contributed by atoms with van der Waals surface area (Å²) in [6, 6.07) is 7.26. The number of halogens is 3. The minimum atomic E-state index is -5.08. The number of carbonyl (C=O) groups is 1. The number of unbranched alkanes of at least 4 members (excludes halogenated alkanes) is 2. The molecule has 1 aliphatic carbocycles. The number of rotatable bonds is 8. The molecule has 2 fully saturated rings. The molecule has 11 heteroatoms. The van der Waals surface area contributed by atoms with Crippen molar-refractivity contribution in [2.75, 3.05) is 34.4 Å². The van der Waals surface area contributed by atoms with Crippen LogP contribution >= 0.6 is 0 Å². The van der Waals surface area contributed by atoms with Crippen LogP contribution < -0.4 is 20.1 Å². The maximum absolute atomic E-state index is 10.6. The predicted molar refractivity (Wildman–Crippen MR) is 132 cm³/mol. The first-order valence-corrected chi connectivity index (χ1v) is 12.3. The van der Waals surface area contributed by atoms with Gasteiger partial charge in [-0.15, -0.1) is 0 Å². The number of hydrogen-bond acceptors (Lipinski definition) is 5. The summed E-state index contributed by atoms with van der Waals surface area (Å²) in [6.45, 7) is 4.19. The van der Waals surface area contributed by atoms with Gasteiger partial charge in [0.25, 0.3) is 0 Å². The Morgan fingerprint density at radius 3 is 2.47 bits per heavy atom. The second-order valence-corrected chi connectivity index (χ2v) is 9.40. The number of aliphatic carboxylic acids is 1. The zero-order valence-electron chi connectivity index (χ0n) is 21.5. The molecule has 3 atom stereocenters. The molecule has 0 aromatic heterocycles. The number of ether oxygens (including phenoxy) is 2. The van der Waals surface area contributed by atoms with E-state index in [0.717, 1.165) is 50.3 Å². The number of nitrogens with zero attached hydrogens (tertiary/aromatic N) is 1. The number of carboxylic acids is 1. The van der Waals surface area contributed by atoms with Gasteiger partial charge in [0.05, 0.1) is 14.2 Å². The molecule has 4 N–H and O–H groups in total. The van der Waals surface area contributed by atoms with E-state index in [2.05, 4.69) is 41.6 Å². The van der Waals surface area contributed by atoms with E-state index in [4.69, 9.17) is 24.8 Å². The molecule has 1 heterocycles. The van der Waals surface area contributed by atoms with Crippen LogP contribution in [0.1, 0.15) is 57.4 Å². The molecule has 1 saturated heterocycles. The van der Waals surface area contributed by atoms with Gasteiger partial charge in [0, 0.05) is 24.0 Å². The van der Waals surface area contributed by atoms with Crippen LogP contribution in [0.5, 0.6) is 11.5 Å². The van der Waals surface area contributed by atoms with Crippen LogP contribution in [0.2, 0.25) is 0 Å². The van der Waals surface area contributed by atoms with E-state index in [1.54, 1.807) is 14.2 Å². The molecule has 1 saturated carbocycles. The number of carboxylic acid groups (broad SMARTS) is 1. The van der Waals surface area contributed by atoms with Gasteiger partial charge in [-0.05, 0) is 63.4 Å². The first-order valence-electron chi connectivity index (χ1n) is 12.3. The summed E-state index contributed by atoms with van der Waals surface area (Å²) in [5.41, 5.74) is 1.51. The van der Waals surface area contributed by atoms with Crippen LogP contribution in [0.3, 0.4) is 0 Å². The van der Waals surface area contributed by atoms with Crippen molar-refractivity contribution in [3.8, 4) is 11.5 Å². The number of methoxy groups -OCH3 is 2. The Morgan fingerprint density at radius 1 is 1.22 bits per heavy atom. The zero-order valence-corrected chi connectivity index (χ0v) is 21.5. The highest BCUT2D eigenvalue weighted by Crippen LogP contribution is 2.49. The van der Waals surface area contributed by atoms with Gasteiger partial charge in [-0.3, -0.25) is 5.41 Å². The number of alkyl halides is 3. The average Bonchev–Trinajstić information content (AvgIpc) is 3.18. The molecule has 1 aromatic rings. The highest BCUT2D eigenvalue weighted by atomic mass is 19.4. The van der Waals surface area contributed by atoms with E-state index >= 15 is 0 Å². The third-order valence-corrected chi connectivity index (χ3v) is 7.16. The largest absolute Gasteiger partial charge is 0.493 e. The average molecular weight is 517 g/mol. The SMILES string of the molecule is CCCCCNC(=N)NC1CCC2(c3ccc(OC)c(OC)c3)CCN(C)C2C1.O=C(O)C(F)(F)F. The normalized spacial score (nSPS) is 23.6. The third-order valence-electron chi connectivity index (χ3n) is 7.16. The topological polar surface area (TPSA) is 107 Å². The Bertz CT molecular complexity index is 883. The highest BCUT2D eigenvalue weighted by Gasteiger charge is 2.50. The van der Waals surface area contributed by atoms with E-state index in [-0.39, 0.29) is 5.41 Å².